The van der Waals surface area contributed by atoms with E-state index in [0.29, 0.717) is 19.6 Å². The molecule has 0 atom stereocenters. The van der Waals surface area contributed by atoms with Crippen LogP contribution in [0.25, 0.3) is 0 Å². The first-order valence-electron chi connectivity index (χ1n) is 8.59. The molecule has 0 bridgehead atoms. The molecule has 1 N–H and O–H groups in total. The van der Waals surface area contributed by atoms with E-state index in [1.165, 1.54) is 0 Å². The fourth-order valence-electron chi connectivity index (χ4n) is 3.01. The predicted molar refractivity (Wildman–Crippen MR) is 90.0 cm³/mol. The lowest BCUT2D eigenvalue weighted by Crippen LogP contribution is -2.48. The molecule has 5 heteroatoms. The molecule has 0 aromatic carbocycles. The van der Waals surface area contributed by atoms with Gasteiger partial charge in [0, 0.05) is 25.6 Å². The van der Waals surface area contributed by atoms with Gasteiger partial charge in [-0.15, -0.1) is 0 Å². The van der Waals surface area contributed by atoms with Crippen molar-refractivity contribution in [1.29, 1.82) is 0 Å². The fraction of sp³-hybridized carbons (Fsp3) is 0.778. The van der Waals surface area contributed by atoms with Crippen molar-refractivity contribution >= 4 is 12.0 Å². The Hall–Kier alpha value is -1.52. The first-order valence-corrected chi connectivity index (χ1v) is 8.59. The molecule has 1 heterocycles. The summed E-state index contributed by atoms with van der Waals surface area (Å²) in [5.41, 5.74) is -0.401. The molecule has 2 rings (SSSR count). The van der Waals surface area contributed by atoms with Crippen LogP contribution >= 0.6 is 0 Å². The van der Waals surface area contributed by atoms with Crippen LogP contribution in [0.1, 0.15) is 53.4 Å². The highest BCUT2D eigenvalue weighted by molar-refractivity contribution is 5.79. The van der Waals surface area contributed by atoms with E-state index in [-0.39, 0.29) is 23.3 Å². The molecule has 1 fully saturated rings. The van der Waals surface area contributed by atoms with Crippen LogP contribution in [0.5, 0.6) is 0 Å². The Balaban J connectivity index is 1.75. The smallest absolute Gasteiger partial charge is 0.410 e. The van der Waals surface area contributed by atoms with Gasteiger partial charge in [0.1, 0.15) is 5.60 Å². The normalized spacial score (nSPS) is 21.3. The van der Waals surface area contributed by atoms with Gasteiger partial charge in [0.05, 0.1) is 0 Å². The van der Waals surface area contributed by atoms with E-state index in [4.69, 9.17) is 4.74 Å². The Morgan fingerprint density at radius 3 is 2.30 bits per heavy atom. The topological polar surface area (TPSA) is 58.6 Å². The van der Waals surface area contributed by atoms with Crippen molar-refractivity contribution in [2.75, 3.05) is 19.6 Å². The van der Waals surface area contributed by atoms with E-state index in [0.717, 1.165) is 25.7 Å². The van der Waals surface area contributed by atoms with Gasteiger partial charge in [0.15, 0.2) is 0 Å². The van der Waals surface area contributed by atoms with Crippen molar-refractivity contribution in [3.63, 3.8) is 0 Å². The summed E-state index contributed by atoms with van der Waals surface area (Å²) >= 11 is 0. The van der Waals surface area contributed by atoms with Gasteiger partial charge in [-0.1, -0.05) is 19.1 Å². The minimum absolute atomic E-state index is 0.0558. The molecule has 5 nitrogen and oxygen atoms in total. The number of nitrogens with one attached hydrogen (secondary N) is 1. The van der Waals surface area contributed by atoms with Gasteiger partial charge in [-0.25, -0.2) is 4.79 Å². The summed E-state index contributed by atoms with van der Waals surface area (Å²) in [6.45, 7) is 9.89. The second-order valence-corrected chi connectivity index (χ2v) is 8.14. The molecule has 0 aromatic rings. The van der Waals surface area contributed by atoms with Crippen LogP contribution in [0.15, 0.2) is 12.2 Å². The maximum atomic E-state index is 12.1. The third-order valence-electron chi connectivity index (χ3n) is 4.69. The molecule has 130 valence electrons. The molecule has 1 aliphatic heterocycles. The van der Waals surface area contributed by atoms with Gasteiger partial charge in [-0.3, -0.25) is 4.79 Å². The highest BCUT2D eigenvalue weighted by Crippen LogP contribution is 2.31. The summed E-state index contributed by atoms with van der Waals surface area (Å²) in [5, 5.41) is 3.10. The molecule has 23 heavy (non-hydrogen) atoms. The summed E-state index contributed by atoms with van der Waals surface area (Å²) in [6.07, 6.45) is 7.39. The van der Waals surface area contributed by atoms with Gasteiger partial charge in [-0.05, 0) is 51.9 Å². The number of nitrogens with zero attached hydrogens (tertiary/aromatic N) is 1. The number of rotatable bonds is 3. The molecular formula is C18H30N2O3. The average Bonchev–Trinajstić information content (AvgIpc) is 2.98. The summed E-state index contributed by atoms with van der Waals surface area (Å²) in [6, 6.07) is 0. The Labute approximate surface area is 139 Å². The van der Waals surface area contributed by atoms with Crippen molar-refractivity contribution in [3.8, 4) is 0 Å². The second-order valence-electron chi connectivity index (χ2n) is 8.14. The first kappa shape index (κ1) is 17.8. The van der Waals surface area contributed by atoms with Crippen LogP contribution < -0.4 is 5.32 Å². The number of piperidine rings is 1. The Kier molecular flexibility index (Phi) is 5.37. The van der Waals surface area contributed by atoms with Gasteiger partial charge in [0.25, 0.3) is 0 Å². The van der Waals surface area contributed by atoms with Crippen molar-refractivity contribution in [2.24, 2.45) is 11.3 Å². The number of hydrogen-bond acceptors (Lipinski definition) is 3. The van der Waals surface area contributed by atoms with E-state index in [1.807, 2.05) is 20.8 Å². The van der Waals surface area contributed by atoms with Crippen LogP contribution in [0, 0.1) is 11.3 Å². The van der Waals surface area contributed by atoms with E-state index in [2.05, 4.69) is 24.4 Å². The minimum Gasteiger partial charge on any atom is -0.444 e. The van der Waals surface area contributed by atoms with Crippen molar-refractivity contribution in [3.05, 3.63) is 12.2 Å². The number of amides is 2. The maximum absolute atomic E-state index is 12.1. The molecule has 1 aliphatic carbocycles. The van der Waals surface area contributed by atoms with Crippen LogP contribution in [-0.4, -0.2) is 42.1 Å². The zero-order valence-electron chi connectivity index (χ0n) is 14.9. The standard InChI is InChI=1S/C18H30N2O3/c1-17(2,3)23-16(22)20-11-9-18(4,10-12-20)13-19-15(21)14-7-5-6-8-14/h5-6,14H,7-13H2,1-4H3,(H,19,21). The van der Waals surface area contributed by atoms with E-state index < -0.39 is 5.60 Å². The highest BCUT2D eigenvalue weighted by atomic mass is 16.6. The summed E-state index contributed by atoms with van der Waals surface area (Å²) in [4.78, 5) is 26.0. The molecule has 0 saturated carbocycles. The summed E-state index contributed by atoms with van der Waals surface area (Å²) in [7, 11) is 0. The van der Waals surface area contributed by atoms with Gasteiger partial charge in [0.2, 0.25) is 5.91 Å². The van der Waals surface area contributed by atoms with Gasteiger partial charge < -0.3 is 15.0 Å². The average molecular weight is 322 g/mol. The lowest BCUT2D eigenvalue weighted by atomic mass is 9.80. The molecule has 0 unspecified atom stereocenters. The summed E-state index contributed by atoms with van der Waals surface area (Å²) < 4.78 is 5.42. The van der Waals surface area contributed by atoms with Crippen molar-refractivity contribution in [2.45, 2.75) is 59.0 Å². The van der Waals surface area contributed by atoms with Crippen molar-refractivity contribution < 1.29 is 14.3 Å². The van der Waals surface area contributed by atoms with Crippen LogP contribution in [-0.2, 0) is 9.53 Å². The second kappa shape index (κ2) is 6.93. The number of carbonyl (C=O) groups excluding carboxylic acids is 2. The number of ether oxygens (including phenoxy) is 1. The number of likely N-dealkylation sites (tertiary alicyclic amines) is 1. The third-order valence-corrected chi connectivity index (χ3v) is 4.69. The quantitative estimate of drug-likeness (QED) is 0.812. The Morgan fingerprint density at radius 1 is 1.22 bits per heavy atom. The molecule has 2 aliphatic rings. The number of carbonyl (C=O) groups is 2. The first-order chi connectivity index (χ1) is 10.7. The molecular weight excluding hydrogens is 292 g/mol. The molecule has 0 spiro atoms. The largest absolute Gasteiger partial charge is 0.444 e. The monoisotopic (exact) mass is 322 g/mol. The van der Waals surface area contributed by atoms with Crippen LogP contribution in [0.2, 0.25) is 0 Å². The van der Waals surface area contributed by atoms with Crippen LogP contribution in [0.3, 0.4) is 0 Å². The fourth-order valence-corrected chi connectivity index (χ4v) is 3.01. The molecule has 2 amide bonds. The van der Waals surface area contributed by atoms with E-state index >= 15 is 0 Å². The zero-order valence-corrected chi connectivity index (χ0v) is 14.9. The highest BCUT2D eigenvalue weighted by Gasteiger charge is 2.34. The van der Waals surface area contributed by atoms with E-state index in [1.54, 1.807) is 4.90 Å². The SMILES string of the molecule is CC1(CNC(=O)C2CC=CC2)CCN(C(=O)OC(C)(C)C)CC1. The lowest BCUT2D eigenvalue weighted by Gasteiger charge is -2.40. The number of allylic oxidation sites excluding steroid dienone is 2. The Bertz CT molecular complexity index is 463. The van der Waals surface area contributed by atoms with Gasteiger partial charge in [-0.2, -0.15) is 0 Å². The van der Waals surface area contributed by atoms with Gasteiger partial charge >= 0.3 is 6.09 Å². The molecule has 1 saturated heterocycles. The molecule has 0 aromatic heterocycles. The predicted octanol–water partition coefficient (Wildman–Crippen LogP) is 3.11. The van der Waals surface area contributed by atoms with Crippen LogP contribution in [0.4, 0.5) is 4.79 Å². The summed E-state index contributed by atoms with van der Waals surface area (Å²) in [5.74, 6) is 0.270. The lowest BCUT2D eigenvalue weighted by molar-refractivity contribution is -0.125. The van der Waals surface area contributed by atoms with E-state index in [9.17, 15) is 9.59 Å². The minimum atomic E-state index is -0.457. The molecule has 0 radical (unpaired) electrons. The van der Waals surface area contributed by atoms with Crippen molar-refractivity contribution in [1.82, 2.24) is 10.2 Å². The Morgan fingerprint density at radius 2 is 1.78 bits per heavy atom. The third kappa shape index (κ3) is 5.26. The number of hydrogen-bond donors (Lipinski definition) is 1. The maximum Gasteiger partial charge on any atom is 0.410 e. The zero-order chi connectivity index (χ0) is 17.1.